The molecule has 0 spiro atoms. The van der Waals surface area contributed by atoms with Gasteiger partial charge in [-0.1, -0.05) is 35.9 Å². The molecule has 0 bridgehead atoms. The molecule has 1 aromatic carbocycles. The topological polar surface area (TPSA) is 34.9 Å². The number of allylic oxidation sites excluding steroid dienone is 6. The Bertz CT molecular complexity index is 854. The van der Waals surface area contributed by atoms with Crippen molar-refractivity contribution in [1.29, 1.82) is 0 Å². The van der Waals surface area contributed by atoms with Crippen molar-refractivity contribution in [2.45, 2.75) is 6.17 Å². The lowest BCUT2D eigenvalue weighted by molar-refractivity contribution is 0.259. The van der Waals surface area contributed by atoms with Gasteiger partial charge in [-0.3, -0.25) is 4.79 Å². The van der Waals surface area contributed by atoms with E-state index in [-0.39, 0.29) is 5.65 Å². The van der Waals surface area contributed by atoms with Crippen LogP contribution < -0.4 is 0 Å². The maximum absolute atomic E-state index is 14.3. The van der Waals surface area contributed by atoms with Crippen LogP contribution in [0.15, 0.2) is 65.9 Å². The molecule has 23 heavy (non-hydrogen) atoms. The fourth-order valence-electron chi connectivity index (χ4n) is 2.31. The highest BCUT2D eigenvalue weighted by atomic mass is 35.5. The Hall–Kier alpha value is -2.03. The summed E-state index contributed by atoms with van der Waals surface area (Å²) in [4.78, 5) is 11.3. The van der Waals surface area contributed by atoms with Crippen molar-refractivity contribution in [1.82, 2.24) is 9.78 Å². The zero-order chi connectivity index (χ0) is 16.4. The van der Waals surface area contributed by atoms with Crippen LogP contribution in [0.1, 0.15) is 5.56 Å². The fraction of sp³-hybridized carbons (Fsp3) is 0.0588. The summed E-state index contributed by atoms with van der Waals surface area (Å²) in [6.07, 6.45) is 6.67. The number of rotatable bonds is 2. The zero-order valence-electron chi connectivity index (χ0n) is 12.0. The standard InChI is InChI=1S/C17H13ClFN2OP/c18-13-4-6-14(15(19)7-5-13)11-2-1-3-12(10-11)16-8-9-21(20-16)17(22)23/h1-10,15H,23H2. The maximum atomic E-state index is 14.3. The smallest absolute Gasteiger partial charge is 0.261 e. The van der Waals surface area contributed by atoms with Gasteiger partial charge in [-0.15, -0.1) is 0 Å². The summed E-state index contributed by atoms with van der Waals surface area (Å²) in [6, 6.07) is 9.12. The van der Waals surface area contributed by atoms with Gasteiger partial charge >= 0.3 is 0 Å². The summed E-state index contributed by atoms with van der Waals surface area (Å²) in [7, 11) is 2.07. The minimum absolute atomic E-state index is 0.243. The average molecular weight is 347 g/mol. The van der Waals surface area contributed by atoms with Crippen LogP contribution in [-0.4, -0.2) is 21.6 Å². The molecule has 1 aliphatic carbocycles. The lowest BCUT2D eigenvalue weighted by Crippen LogP contribution is -2.01. The fourth-order valence-corrected chi connectivity index (χ4v) is 2.59. The van der Waals surface area contributed by atoms with Crippen molar-refractivity contribution in [2.24, 2.45) is 0 Å². The predicted octanol–water partition coefficient (Wildman–Crippen LogP) is 4.81. The first-order valence-corrected chi connectivity index (χ1v) is 7.86. The number of benzene rings is 1. The van der Waals surface area contributed by atoms with Crippen molar-refractivity contribution in [3.8, 4) is 11.3 Å². The lowest BCUT2D eigenvalue weighted by atomic mass is 9.98. The number of carbonyl (C=O) groups is 1. The van der Waals surface area contributed by atoms with Gasteiger partial charge in [-0.25, -0.2) is 9.07 Å². The van der Waals surface area contributed by atoms with Gasteiger partial charge in [-0.05, 0) is 50.7 Å². The maximum Gasteiger partial charge on any atom is 0.261 e. The SMILES string of the molecule is O=C(P)n1ccc(-c2cccc(C3=CC=C(Cl)C=CC3F)c2)n1. The van der Waals surface area contributed by atoms with Gasteiger partial charge in [0.2, 0.25) is 0 Å². The Labute approximate surface area is 140 Å². The first-order chi connectivity index (χ1) is 11.0. The van der Waals surface area contributed by atoms with Crippen LogP contribution in [0.4, 0.5) is 9.18 Å². The molecule has 2 aromatic rings. The Morgan fingerprint density at radius 1 is 1.26 bits per heavy atom. The van der Waals surface area contributed by atoms with E-state index in [9.17, 15) is 9.18 Å². The number of hydrogen-bond acceptors (Lipinski definition) is 2. The van der Waals surface area contributed by atoms with Crippen LogP contribution in [0.3, 0.4) is 0 Å². The molecule has 1 aromatic heterocycles. The van der Waals surface area contributed by atoms with E-state index in [0.717, 1.165) is 11.1 Å². The monoisotopic (exact) mass is 346 g/mol. The molecule has 0 saturated heterocycles. The summed E-state index contributed by atoms with van der Waals surface area (Å²) in [5, 5.41) is 4.68. The molecule has 2 unspecified atom stereocenters. The number of nitrogens with zero attached hydrogens (tertiary/aromatic N) is 2. The summed E-state index contributed by atoms with van der Waals surface area (Å²) in [5.74, 6) is 0. The molecule has 0 N–H and O–H groups in total. The third-order valence-electron chi connectivity index (χ3n) is 3.45. The van der Waals surface area contributed by atoms with Crippen LogP contribution in [0.2, 0.25) is 0 Å². The predicted molar refractivity (Wildman–Crippen MR) is 94.1 cm³/mol. The molecule has 2 atom stereocenters. The van der Waals surface area contributed by atoms with E-state index in [4.69, 9.17) is 11.6 Å². The molecule has 6 heteroatoms. The molecule has 0 fully saturated rings. The second-order valence-electron chi connectivity index (χ2n) is 5.00. The molecule has 0 aliphatic heterocycles. The van der Waals surface area contributed by atoms with Crippen LogP contribution in [0.25, 0.3) is 16.8 Å². The van der Waals surface area contributed by atoms with Crippen molar-refractivity contribution >= 4 is 32.1 Å². The zero-order valence-corrected chi connectivity index (χ0v) is 13.9. The highest BCUT2D eigenvalue weighted by Crippen LogP contribution is 2.28. The van der Waals surface area contributed by atoms with Crippen molar-refractivity contribution in [3.63, 3.8) is 0 Å². The van der Waals surface area contributed by atoms with Gasteiger partial charge < -0.3 is 0 Å². The average Bonchev–Trinajstić information content (AvgIpc) is 2.97. The number of alkyl halides is 1. The second-order valence-corrected chi connectivity index (χ2v) is 5.93. The Balaban J connectivity index is 1.99. The molecule has 1 heterocycles. The number of halogens is 2. The van der Waals surface area contributed by atoms with Crippen molar-refractivity contribution in [2.75, 3.05) is 0 Å². The minimum atomic E-state index is -1.23. The van der Waals surface area contributed by atoms with Crippen LogP contribution in [0, 0.1) is 0 Å². The third kappa shape index (κ3) is 3.49. The summed E-state index contributed by atoms with van der Waals surface area (Å²) in [5.41, 5.74) is 2.49. The summed E-state index contributed by atoms with van der Waals surface area (Å²) in [6.45, 7) is 0. The highest BCUT2D eigenvalue weighted by molar-refractivity contribution is 7.39. The molecule has 3 rings (SSSR count). The lowest BCUT2D eigenvalue weighted by Gasteiger charge is -2.10. The summed E-state index contributed by atoms with van der Waals surface area (Å²) >= 11 is 5.92. The van der Waals surface area contributed by atoms with E-state index in [1.165, 1.54) is 10.8 Å². The minimum Gasteiger partial charge on any atom is -0.268 e. The molecule has 116 valence electrons. The first kappa shape index (κ1) is 15.9. The van der Waals surface area contributed by atoms with Gasteiger partial charge in [0.1, 0.15) is 6.17 Å². The molecule has 0 saturated carbocycles. The van der Waals surface area contributed by atoms with Gasteiger partial charge in [-0.2, -0.15) is 5.10 Å². The molecule has 1 aliphatic rings. The molecule has 0 radical (unpaired) electrons. The van der Waals surface area contributed by atoms with Crippen LogP contribution in [-0.2, 0) is 0 Å². The van der Waals surface area contributed by atoms with Crippen LogP contribution >= 0.6 is 20.8 Å². The van der Waals surface area contributed by atoms with E-state index < -0.39 is 6.17 Å². The van der Waals surface area contributed by atoms with Gasteiger partial charge in [0.15, 0.2) is 0 Å². The van der Waals surface area contributed by atoms with Crippen molar-refractivity contribution in [3.05, 3.63) is 71.4 Å². The second kappa shape index (κ2) is 6.61. The largest absolute Gasteiger partial charge is 0.268 e. The van der Waals surface area contributed by atoms with E-state index in [1.807, 2.05) is 24.3 Å². The molecule has 3 nitrogen and oxygen atoms in total. The van der Waals surface area contributed by atoms with Crippen LogP contribution in [0.5, 0.6) is 0 Å². The first-order valence-electron chi connectivity index (χ1n) is 6.90. The molecular formula is C17H13ClFN2OP. The quantitative estimate of drug-likeness (QED) is 0.732. The van der Waals surface area contributed by atoms with Crippen molar-refractivity contribution < 1.29 is 9.18 Å². The Morgan fingerprint density at radius 3 is 2.78 bits per heavy atom. The molecule has 0 amide bonds. The van der Waals surface area contributed by atoms with E-state index in [1.54, 1.807) is 30.5 Å². The van der Waals surface area contributed by atoms with Gasteiger partial charge in [0, 0.05) is 16.8 Å². The number of aromatic nitrogens is 2. The van der Waals surface area contributed by atoms with E-state index in [0.29, 0.717) is 16.3 Å². The highest BCUT2D eigenvalue weighted by Gasteiger charge is 2.15. The van der Waals surface area contributed by atoms with Gasteiger partial charge in [0.05, 0.1) is 5.69 Å². The normalized spacial score (nSPS) is 17.4. The number of carbonyl (C=O) groups excluding carboxylic acids is 1. The van der Waals surface area contributed by atoms with Gasteiger partial charge in [0.25, 0.3) is 5.65 Å². The number of hydrogen-bond donors (Lipinski definition) is 0. The Morgan fingerprint density at radius 2 is 2.04 bits per heavy atom. The van der Waals surface area contributed by atoms with E-state index >= 15 is 0 Å². The Kier molecular flexibility index (Phi) is 4.56. The molecular weight excluding hydrogens is 334 g/mol. The summed E-state index contributed by atoms with van der Waals surface area (Å²) < 4.78 is 15.5. The van der Waals surface area contributed by atoms with E-state index in [2.05, 4.69) is 14.3 Å². The third-order valence-corrected chi connectivity index (χ3v) is 3.97.